The van der Waals surface area contributed by atoms with E-state index in [4.69, 9.17) is 27.8 Å². The molecule has 0 unspecified atom stereocenters. The van der Waals surface area contributed by atoms with Gasteiger partial charge in [0.05, 0.1) is 4.90 Å². The lowest BCUT2D eigenvalue weighted by molar-refractivity contribution is 0.482. The number of hydrogen-bond acceptors (Lipinski definition) is 2. The molecule has 0 atom stereocenters. The normalized spacial score (nSPS) is 11.6. The highest BCUT2D eigenvalue weighted by Crippen LogP contribution is 2.20. The highest BCUT2D eigenvalue weighted by atomic mass is 35.5. The molecule has 1 aromatic carbocycles. The van der Waals surface area contributed by atoms with Crippen molar-refractivity contribution >= 4 is 33.3 Å². The molecule has 0 bridgehead atoms. The maximum absolute atomic E-state index is 10.9. The zero-order valence-corrected chi connectivity index (χ0v) is 9.40. The SMILES string of the molecule is O=S(=O)(O)c1cc(CCl)ccc1CCl. The summed E-state index contributed by atoms with van der Waals surface area (Å²) in [6, 6.07) is 4.52. The van der Waals surface area contributed by atoms with Crippen LogP contribution in [0.25, 0.3) is 0 Å². The van der Waals surface area contributed by atoms with Crippen LogP contribution < -0.4 is 0 Å². The smallest absolute Gasteiger partial charge is 0.282 e. The second-order valence-corrected chi connectivity index (χ2v) is 4.61. The van der Waals surface area contributed by atoms with E-state index >= 15 is 0 Å². The zero-order valence-electron chi connectivity index (χ0n) is 7.07. The maximum Gasteiger partial charge on any atom is 0.294 e. The van der Waals surface area contributed by atoms with E-state index in [-0.39, 0.29) is 16.7 Å². The standard InChI is InChI=1S/C8H8Cl2O3S/c9-4-6-1-2-7(5-10)8(3-6)14(11,12)13/h1-3H,4-5H2,(H,11,12,13). The average Bonchev–Trinajstić information content (AvgIpc) is 2.15. The van der Waals surface area contributed by atoms with Crippen molar-refractivity contribution in [3.05, 3.63) is 29.3 Å². The number of hydrogen-bond donors (Lipinski definition) is 1. The minimum atomic E-state index is -4.22. The lowest BCUT2D eigenvalue weighted by atomic mass is 10.2. The van der Waals surface area contributed by atoms with Crippen LogP contribution in [0, 0.1) is 0 Å². The van der Waals surface area contributed by atoms with Crippen molar-refractivity contribution in [2.75, 3.05) is 0 Å². The molecule has 6 heteroatoms. The molecule has 0 aliphatic rings. The van der Waals surface area contributed by atoms with Gasteiger partial charge in [-0.15, -0.1) is 23.2 Å². The van der Waals surface area contributed by atoms with E-state index < -0.39 is 10.1 Å². The van der Waals surface area contributed by atoms with Gasteiger partial charge in [0.15, 0.2) is 0 Å². The molecule has 14 heavy (non-hydrogen) atoms. The molecule has 0 radical (unpaired) electrons. The second-order valence-electron chi connectivity index (χ2n) is 2.68. The Morgan fingerprint density at radius 1 is 1.21 bits per heavy atom. The Morgan fingerprint density at radius 3 is 2.29 bits per heavy atom. The van der Waals surface area contributed by atoms with E-state index in [2.05, 4.69) is 0 Å². The van der Waals surface area contributed by atoms with Crippen LogP contribution in [0.4, 0.5) is 0 Å². The zero-order chi connectivity index (χ0) is 10.8. The molecule has 0 amide bonds. The molecule has 3 nitrogen and oxygen atoms in total. The molecule has 0 saturated heterocycles. The topological polar surface area (TPSA) is 54.4 Å². The molecule has 1 rings (SSSR count). The van der Waals surface area contributed by atoms with Crippen LogP contribution in [0.5, 0.6) is 0 Å². The van der Waals surface area contributed by atoms with Crippen molar-refractivity contribution in [2.45, 2.75) is 16.7 Å². The van der Waals surface area contributed by atoms with E-state index in [0.717, 1.165) is 0 Å². The van der Waals surface area contributed by atoms with Crippen LogP contribution in [-0.2, 0) is 21.9 Å². The maximum atomic E-state index is 10.9. The van der Waals surface area contributed by atoms with Crippen LogP contribution in [0.3, 0.4) is 0 Å². The van der Waals surface area contributed by atoms with Crippen molar-refractivity contribution in [3.63, 3.8) is 0 Å². The fourth-order valence-corrected chi connectivity index (χ4v) is 2.28. The van der Waals surface area contributed by atoms with E-state index in [9.17, 15) is 8.42 Å². The van der Waals surface area contributed by atoms with E-state index in [0.29, 0.717) is 11.1 Å². The van der Waals surface area contributed by atoms with Gasteiger partial charge in [-0.05, 0) is 17.2 Å². The Balaban J connectivity index is 3.37. The third-order valence-electron chi connectivity index (χ3n) is 1.71. The van der Waals surface area contributed by atoms with Gasteiger partial charge in [0.2, 0.25) is 0 Å². The summed E-state index contributed by atoms with van der Waals surface area (Å²) in [5.74, 6) is 0.211. The lowest BCUT2D eigenvalue weighted by Crippen LogP contribution is -2.02. The predicted molar refractivity (Wildman–Crippen MR) is 55.4 cm³/mol. The second kappa shape index (κ2) is 4.49. The molecule has 0 spiro atoms. The van der Waals surface area contributed by atoms with Gasteiger partial charge >= 0.3 is 0 Å². The molecular formula is C8H8Cl2O3S. The van der Waals surface area contributed by atoms with Gasteiger partial charge in [0.25, 0.3) is 10.1 Å². The summed E-state index contributed by atoms with van der Waals surface area (Å²) >= 11 is 11.1. The van der Waals surface area contributed by atoms with Crippen molar-refractivity contribution < 1.29 is 13.0 Å². The quantitative estimate of drug-likeness (QED) is 0.666. The average molecular weight is 255 g/mol. The minimum Gasteiger partial charge on any atom is -0.282 e. The molecule has 0 fully saturated rings. The molecule has 0 aliphatic heterocycles. The van der Waals surface area contributed by atoms with Crippen molar-refractivity contribution in [2.24, 2.45) is 0 Å². The molecule has 0 saturated carbocycles. The molecule has 0 heterocycles. The van der Waals surface area contributed by atoms with Gasteiger partial charge in [-0.25, -0.2) is 0 Å². The van der Waals surface area contributed by atoms with Crippen molar-refractivity contribution in [1.29, 1.82) is 0 Å². The van der Waals surface area contributed by atoms with Gasteiger partial charge in [-0.1, -0.05) is 12.1 Å². The van der Waals surface area contributed by atoms with Crippen molar-refractivity contribution in [1.82, 2.24) is 0 Å². The fraction of sp³-hybridized carbons (Fsp3) is 0.250. The Hall–Kier alpha value is -0.290. The number of rotatable bonds is 3. The van der Waals surface area contributed by atoms with Crippen LogP contribution in [0.1, 0.15) is 11.1 Å². The Labute approximate surface area is 92.4 Å². The minimum absolute atomic E-state index is 0.0255. The van der Waals surface area contributed by atoms with Gasteiger partial charge in [0, 0.05) is 11.8 Å². The lowest BCUT2D eigenvalue weighted by Gasteiger charge is -2.05. The summed E-state index contributed by atoms with van der Waals surface area (Å²) < 4.78 is 30.8. The molecule has 0 aromatic heterocycles. The predicted octanol–water partition coefficient (Wildman–Crippen LogP) is 2.41. The highest BCUT2D eigenvalue weighted by molar-refractivity contribution is 7.85. The van der Waals surface area contributed by atoms with Gasteiger partial charge < -0.3 is 0 Å². The number of halogens is 2. The van der Waals surface area contributed by atoms with Gasteiger partial charge in [-0.2, -0.15) is 8.42 Å². The molecule has 78 valence electrons. The molecule has 1 N–H and O–H groups in total. The summed E-state index contributed by atoms with van der Waals surface area (Å²) in [4.78, 5) is -0.175. The Kier molecular flexibility index (Phi) is 3.78. The Morgan fingerprint density at radius 2 is 1.86 bits per heavy atom. The summed E-state index contributed by atoms with van der Waals surface area (Å²) in [7, 11) is -4.22. The number of benzene rings is 1. The van der Waals surface area contributed by atoms with Crippen molar-refractivity contribution in [3.8, 4) is 0 Å². The summed E-state index contributed by atoms with van der Waals surface area (Å²) in [6.45, 7) is 0. The first kappa shape index (κ1) is 11.8. The number of alkyl halides is 2. The first-order valence-electron chi connectivity index (χ1n) is 3.70. The van der Waals surface area contributed by atoms with E-state index in [1.54, 1.807) is 6.07 Å². The van der Waals surface area contributed by atoms with Crippen LogP contribution in [0.2, 0.25) is 0 Å². The summed E-state index contributed by atoms with van der Waals surface area (Å²) in [5, 5.41) is 0. The van der Waals surface area contributed by atoms with Crippen LogP contribution >= 0.6 is 23.2 Å². The van der Waals surface area contributed by atoms with E-state index in [1.165, 1.54) is 12.1 Å². The van der Waals surface area contributed by atoms with Crippen LogP contribution in [0.15, 0.2) is 23.1 Å². The summed E-state index contributed by atoms with van der Waals surface area (Å²) in [6.07, 6.45) is 0. The van der Waals surface area contributed by atoms with E-state index in [1.807, 2.05) is 0 Å². The molecule has 0 aliphatic carbocycles. The molecule has 1 aromatic rings. The summed E-state index contributed by atoms with van der Waals surface area (Å²) in [5.41, 5.74) is 0.983. The molecular weight excluding hydrogens is 247 g/mol. The third kappa shape index (κ3) is 2.60. The first-order valence-corrected chi connectivity index (χ1v) is 6.21. The monoisotopic (exact) mass is 254 g/mol. The van der Waals surface area contributed by atoms with Gasteiger partial charge in [-0.3, -0.25) is 4.55 Å². The van der Waals surface area contributed by atoms with Crippen LogP contribution in [-0.4, -0.2) is 13.0 Å². The Bertz CT molecular complexity index is 428. The fourth-order valence-electron chi connectivity index (χ4n) is 1.03. The first-order chi connectivity index (χ1) is 6.49. The van der Waals surface area contributed by atoms with Gasteiger partial charge in [0.1, 0.15) is 0 Å². The highest BCUT2D eigenvalue weighted by Gasteiger charge is 2.15. The third-order valence-corrected chi connectivity index (χ3v) is 3.24. The largest absolute Gasteiger partial charge is 0.294 e.